The first-order valence-electron chi connectivity index (χ1n) is 6.73. The molecule has 0 spiro atoms. The Kier molecular flexibility index (Phi) is 4.47. The average molecular weight is 250 g/mol. The van der Waals surface area contributed by atoms with Gasteiger partial charge in [0.1, 0.15) is 0 Å². The van der Waals surface area contributed by atoms with Crippen molar-refractivity contribution in [3.05, 3.63) is 11.4 Å². The fraction of sp³-hybridized carbons (Fsp3) is 0.769. The molecule has 100 valence electrons. The number of anilines is 1. The van der Waals surface area contributed by atoms with Gasteiger partial charge in [0, 0.05) is 13.2 Å². The lowest BCUT2D eigenvalue weighted by atomic mass is 9.80. The van der Waals surface area contributed by atoms with Crippen LogP contribution < -0.4 is 5.32 Å². The molecule has 2 N–H and O–H groups in total. The highest BCUT2D eigenvalue weighted by Crippen LogP contribution is 2.29. The highest BCUT2D eigenvalue weighted by molar-refractivity contribution is 5.24. The molecule has 1 heterocycles. The molecule has 0 amide bonds. The fourth-order valence-corrected chi connectivity index (χ4v) is 2.55. The zero-order valence-corrected chi connectivity index (χ0v) is 11.2. The van der Waals surface area contributed by atoms with Gasteiger partial charge in [-0.3, -0.25) is 0 Å². The van der Waals surface area contributed by atoms with Crippen LogP contribution in [0.2, 0.25) is 0 Å². The van der Waals surface area contributed by atoms with Crippen molar-refractivity contribution in [2.45, 2.75) is 39.5 Å². The van der Waals surface area contributed by atoms with Gasteiger partial charge in [-0.05, 0) is 38.5 Å². The number of hydrogen-bond acceptors (Lipinski definition) is 5. The summed E-state index contributed by atoms with van der Waals surface area (Å²) in [6.45, 7) is 4.96. The molecule has 18 heavy (non-hydrogen) atoms. The summed E-state index contributed by atoms with van der Waals surface area (Å²) in [5, 5.41) is 20.7. The Morgan fingerprint density at radius 2 is 1.83 bits per heavy atom. The lowest BCUT2D eigenvalue weighted by Gasteiger charge is -2.30. The molecule has 2 atom stereocenters. The minimum Gasteiger partial charge on any atom is -0.396 e. The molecule has 1 aliphatic rings. The van der Waals surface area contributed by atoms with Crippen molar-refractivity contribution in [3.8, 4) is 0 Å². The minimum atomic E-state index is 0.290. The van der Waals surface area contributed by atoms with Crippen molar-refractivity contribution >= 4 is 5.95 Å². The van der Waals surface area contributed by atoms with E-state index < -0.39 is 0 Å². The molecule has 5 nitrogen and oxygen atoms in total. The van der Waals surface area contributed by atoms with Crippen molar-refractivity contribution in [1.29, 1.82) is 0 Å². The van der Waals surface area contributed by atoms with Crippen LogP contribution in [-0.2, 0) is 0 Å². The Hall–Kier alpha value is -1.23. The van der Waals surface area contributed by atoms with E-state index in [9.17, 15) is 5.11 Å². The van der Waals surface area contributed by atoms with E-state index in [2.05, 4.69) is 20.5 Å². The van der Waals surface area contributed by atoms with Crippen molar-refractivity contribution in [3.63, 3.8) is 0 Å². The van der Waals surface area contributed by atoms with Gasteiger partial charge in [-0.15, -0.1) is 5.10 Å². The Balaban J connectivity index is 1.91. The first-order chi connectivity index (χ1) is 8.70. The summed E-state index contributed by atoms with van der Waals surface area (Å²) >= 11 is 0. The van der Waals surface area contributed by atoms with E-state index in [-0.39, 0.29) is 0 Å². The van der Waals surface area contributed by atoms with Gasteiger partial charge in [0.25, 0.3) is 0 Å². The maximum absolute atomic E-state index is 9.37. The van der Waals surface area contributed by atoms with Crippen LogP contribution in [-0.4, -0.2) is 33.4 Å². The molecule has 0 aliphatic heterocycles. The number of rotatable bonds is 4. The Labute approximate surface area is 108 Å². The number of aliphatic hydroxyl groups excluding tert-OH is 1. The van der Waals surface area contributed by atoms with E-state index in [0.29, 0.717) is 24.4 Å². The van der Waals surface area contributed by atoms with E-state index in [0.717, 1.165) is 24.4 Å². The van der Waals surface area contributed by atoms with Crippen LogP contribution in [0, 0.1) is 25.7 Å². The van der Waals surface area contributed by atoms with Gasteiger partial charge in [0.05, 0.1) is 11.4 Å². The zero-order chi connectivity index (χ0) is 13.0. The number of aromatic nitrogens is 3. The van der Waals surface area contributed by atoms with Gasteiger partial charge < -0.3 is 10.4 Å². The van der Waals surface area contributed by atoms with E-state index in [1.54, 1.807) is 0 Å². The Morgan fingerprint density at radius 1 is 1.11 bits per heavy atom. The topological polar surface area (TPSA) is 70.9 Å². The van der Waals surface area contributed by atoms with E-state index >= 15 is 0 Å². The Morgan fingerprint density at radius 3 is 2.50 bits per heavy atom. The van der Waals surface area contributed by atoms with Gasteiger partial charge in [-0.25, -0.2) is 4.98 Å². The predicted octanol–water partition coefficient (Wildman–Crippen LogP) is 1.70. The number of nitrogens with zero attached hydrogens (tertiary/aromatic N) is 3. The molecule has 0 bridgehead atoms. The summed E-state index contributed by atoms with van der Waals surface area (Å²) in [5.41, 5.74) is 1.78. The number of aliphatic hydroxyl groups is 1. The lowest BCUT2D eigenvalue weighted by molar-refractivity contribution is 0.141. The number of aryl methyl sites for hydroxylation is 2. The van der Waals surface area contributed by atoms with Crippen LogP contribution in [0.3, 0.4) is 0 Å². The van der Waals surface area contributed by atoms with E-state index in [1.807, 2.05) is 13.8 Å². The molecule has 0 saturated heterocycles. The van der Waals surface area contributed by atoms with E-state index in [4.69, 9.17) is 0 Å². The third-order valence-corrected chi connectivity index (χ3v) is 3.92. The fourth-order valence-electron chi connectivity index (χ4n) is 2.55. The third-order valence-electron chi connectivity index (χ3n) is 3.92. The Bertz CT molecular complexity index is 397. The van der Waals surface area contributed by atoms with Crippen LogP contribution in [0.25, 0.3) is 0 Å². The lowest BCUT2D eigenvalue weighted by Crippen LogP contribution is -2.29. The number of hydrogen-bond donors (Lipinski definition) is 2. The molecule has 1 aromatic heterocycles. The predicted molar refractivity (Wildman–Crippen MR) is 70.3 cm³/mol. The van der Waals surface area contributed by atoms with Gasteiger partial charge in [0.2, 0.25) is 5.95 Å². The second kappa shape index (κ2) is 6.09. The highest BCUT2D eigenvalue weighted by atomic mass is 16.3. The normalized spacial score (nSPS) is 23.9. The van der Waals surface area contributed by atoms with Crippen molar-refractivity contribution in [2.24, 2.45) is 11.8 Å². The van der Waals surface area contributed by atoms with Crippen molar-refractivity contribution in [1.82, 2.24) is 15.2 Å². The summed E-state index contributed by atoms with van der Waals surface area (Å²) in [6, 6.07) is 0. The second-order valence-corrected chi connectivity index (χ2v) is 5.17. The maximum atomic E-state index is 9.37. The van der Waals surface area contributed by atoms with Crippen LogP contribution in [0.1, 0.15) is 37.1 Å². The monoisotopic (exact) mass is 250 g/mol. The van der Waals surface area contributed by atoms with Crippen molar-refractivity contribution in [2.75, 3.05) is 18.5 Å². The third kappa shape index (κ3) is 3.16. The largest absolute Gasteiger partial charge is 0.396 e. The van der Waals surface area contributed by atoms with E-state index in [1.165, 1.54) is 19.3 Å². The van der Waals surface area contributed by atoms with Gasteiger partial charge >= 0.3 is 0 Å². The number of nitrogens with one attached hydrogen (secondary N) is 1. The summed E-state index contributed by atoms with van der Waals surface area (Å²) in [5.74, 6) is 1.54. The summed E-state index contributed by atoms with van der Waals surface area (Å²) < 4.78 is 0. The molecular formula is C13H22N4O. The molecule has 0 aromatic carbocycles. The summed E-state index contributed by atoms with van der Waals surface area (Å²) in [7, 11) is 0. The van der Waals surface area contributed by atoms with Crippen LogP contribution in [0.5, 0.6) is 0 Å². The highest BCUT2D eigenvalue weighted by Gasteiger charge is 2.24. The first-order valence-corrected chi connectivity index (χ1v) is 6.73. The molecule has 1 fully saturated rings. The van der Waals surface area contributed by atoms with Crippen LogP contribution >= 0.6 is 0 Å². The van der Waals surface area contributed by atoms with Gasteiger partial charge in [-0.2, -0.15) is 5.10 Å². The quantitative estimate of drug-likeness (QED) is 0.851. The van der Waals surface area contributed by atoms with Crippen molar-refractivity contribution < 1.29 is 5.11 Å². The molecule has 5 heteroatoms. The average Bonchev–Trinajstić information content (AvgIpc) is 2.40. The molecule has 1 aromatic rings. The van der Waals surface area contributed by atoms with Gasteiger partial charge in [-0.1, -0.05) is 12.8 Å². The second-order valence-electron chi connectivity index (χ2n) is 5.17. The van der Waals surface area contributed by atoms with Gasteiger partial charge in [0.15, 0.2) is 0 Å². The molecule has 1 saturated carbocycles. The maximum Gasteiger partial charge on any atom is 0.242 e. The smallest absolute Gasteiger partial charge is 0.242 e. The molecular weight excluding hydrogens is 228 g/mol. The molecule has 1 aliphatic carbocycles. The minimum absolute atomic E-state index is 0.290. The SMILES string of the molecule is Cc1nnc(NCC2CCCCC2CO)nc1C. The standard InChI is InChI=1S/C13H22N4O/c1-9-10(2)16-17-13(15-9)14-7-11-5-3-4-6-12(11)8-18/h11-12,18H,3-8H2,1-2H3,(H,14,15,17). The molecule has 0 radical (unpaired) electrons. The van der Waals surface area contributed by atoms with Crippen LogP contribution in [0.4, 0.5) is 5.95 Å². The molecule has 2 rings (SSSR count). The first kappa shape index (κ1) is 13.2. The molecule has 2 unspecified atom stereocenters. The van der Waals surface area contributed by atoms with Crippen LogP contribution in [0.15, 0.2) is 0 Å². The zero-order valence-electron chi connectivity index (χ0n) is 11.2. The summed E-state index contributed by atoms with van der Waals surface area (Å²) in [6.07, 6.45) is 4.81. The summed E-state index contributed by atoms with van der Waals surface area (Å²) in [4.78, 5) is 4.36.